The quantitative estimate of drug-likeness (QED) is 0.711. The Morgan fingerprint density at radius 2 is 2.15 bits per heavy atom. The molecule has 27 heavy (non-hydrogen) atoms. The maximum atomic E-state index is 14.3. The van der Waals surface area contributed by atoms with Gasteiger partial charge in [-0.05, 0) is 49.8 Å². The lowest BCUT2D eigenvalue weighted by Gasteiger charge is -2.17. The largest absolute Gasteiger partial charge is 0.478 e. The van der Waals surface area contributed by atoms with Crippen LogP contribution in [0.3, 0.4) is 0 Å². The van der Waals surface area contributed by atoms with Crippen LogP contribution in [-0.2, 0) is 13.0 Å². The SMILES string of the molecule is Cc1c(Nc2ccc(Br)cc2F)c(C(=O)O)c2n(c1=O)CC(CC(C)C)C2. The summed E-state index contributed by atoms with van der Waals surface area (Å²) in [6.07, 6.45) is 1.45. The Hall–Kier alpha value is -2.15. The molecule has 1 aromatic heterocycles. The Morgan fingerprint density at radius 3 is 2.74 bits per heavy atom. The summed E-state index contributed by atoms with van der Waals surface area (Å²) in [7, 11) is 0. The summed E-state index contributed by atoms with van der Waals surface area (Å²) in [5.74, 6) is -0.954. The molecule has 0 amide bonds. The number of nitrogens with one attached hydrogen (secondary N) is 1. The summed E-state index contributed by atoms with van der Waals surface area (Å²) < 4.78 is 16.4. The first-order chi connectivity index (χ1) is 12.7. The molecule has 1 atom stereocenters. The van der Waals surface area contributed by atoms with Crippen molar-refractivity contribution in [1.29, 1.82) is 0 Å². The molecule has 0 saturated heterocycles. The van der Waals surface area contributed by atoms with E-state index in [1.54, 1.807) is 17.6 Å². The molecule has 0 radical (unpaired) electrons. The van der Waals surface area contributed by atoms with Gasteiger partial charge in [-0.2, -0.15) is 0 Å². The van der Waals surface area contributed by atoms with Crippen molar-refractivity contribution in [2.45, 2.75) is 40.2 Å². The molecular weight excluding hydrogens is 415 g/mol. The van der Waals surface area contributed by atoms with E-state index in [1.165, 1.54) is 12.1 Å². The normalized spacial score (nSPS) is 15.9. The zero-order valence-electron chi connectivity index (χ0n) is 15.5. The molecule has 2 heterocycles. The van der Waals surface area contributed by atoms with Crippen molar-refractivity contribution in [3.63, 3.8) is 0 Å². The molecule has 1 aliphatic heterocycles. The van der Waals surface area contributed by atoms with Gasteiger partial charge >= 0.3 is 5.97 Å². The summed E-state index contributed by atoms with van der Waals surface area (Å²) in [5.41, 5.74) is 0.935. The predicted octanol–water partition coefficient (Wildman–Crippen LogP) is 4.72. The third-order valence-electron chi connectivity index (χ3n) is 4.94. The smallest absolute Gasteiger partial charge is 0.339 e. The van der Waals surface area contributed by atoms with E-state index in [2.05, 4.69) is 35.1 Å². The van der Waals surface area contributed by atoms with Crippen molar-refractivity contribution < 1.29 is 14.3 Å². The first-order valence-corrected chi connectivity index (χ1v) is 9.70. The van der Waals surface area contributed by atoms with Gasteiger partial charge in [0.2, 0.25) is 0 Å². The van der Waals surface area contributed by atoms with Crippen molar-refractivity contribution in [3.8, 4) is 0 Å². The standard InChI is InChI=1S/C20H22BrFN2O3/c1-10(2)6-12-7-16-17(20(26)27)18(11(3)19(25)24(16)9-12)23-15-5-4-13(21)8-14(15)22/h4-5,8,10,12,23H,6-7,9H2,1-3H3,(H,26,27). The first-order valence-electron chi connectivity index (χ1n) is 8.90. The second-order valence-electron chi connectivity index (χ2n) is 7.49. The fraction of sp³-hybridized carbons (Fsp3) is 0.400. The lowest BCUT2D eigenvalue weighted by molar-refractivity contribution is 0.0696. The molecule has 144 valence electrons. The van der Waals surface area contributed by atoms with Crippen LogP contribution < -0.4 is 10.9 Å². The Morgan fingerprint density at radius 1 is 1.44 bits per heavy atom. The topological polar surface area (TPSA) is 71.3 Å². The third kappa shape index (κ3) is 3.78. The predicted molar refractivity (Wildman–Crippen MR) is 106 cm³/mol. The number of rotatable bonds is 5. The van der Waals surface area contributed by atoms with Crippen LogP contribution in [-0.4, -0.2) is 15.6 Å². The number of fused-ring (bicyclic) bond motifs is 1. The lowest BCUT2D eigenvalue weighted by atomic mass is 9.94. The van der Waals surface area contributed by atoms with E-state index in [-0.39, 0.29) is 34.0 Å². The molecule has 0 spiro atoms. The van der Waals surface area contributed by atoms with E-state index in [0.29, 0.717) is 29.1 Å². The number of hydrogen-bond donors (Lipinski definition) is 2. The minimum Gasteiger partial charge on any atom is -0.478 e. The van der Waals surface area contributed by atoms with Gasteiger partial charge in [-0.25, -0.2) is 9.18 Å². The number of carbonyl (C=O) groups is 1. The lowest BCUT2D eigenvalue weighted by Crippen LogP contribution is -2.27. The van der Waals surface area contributed by atoms with E-state index in [1.807, 2.05) is 0 Å². The van der Waals surface area contributed by atoms with Crippen LogP contribution in [0.5, 0.6) is 0 Å². The van der Waals surface area contributed by atoms with Gasteiger partial charge < -0.3 is 15.0 Å². The average Bonchev–Trinajstić information content (AvgIpc) is 2.96. The summed E-state index contributed by atoms with van der Waals surface area (Å²) in [5, 5.41) is 12.7. The molecule has 7 heteroatoms. The number of carboxylic acid groups (broad SMARTS) is 1. The van der Waals surface area contributed by atoms with E-state index >= 15 is 0 Å². The van der Waals surface area contributed by atoms with Crippen LogP contribution in [0, 0.1) is 24.6 Å². The number of nitrogens with zero attached hydrogens (tertiary/aromatic N) is 1. The van der Waals surface area contributed by atoms with E-state index in [9.17, 15) is 19.1 Å². The van der Waals surface area contributed by atoms with Gasteiger partial charge in [0, 0.05) is 22.3 Å². The zero-order chi connectivity index (χ0) is 19.9. The number of aromatic nitrogens is 1. The molecule has 0 aliphatic carbocycles. The molecule has 1 unspecified atom stereocenters. The van der Waals surface area contributed by atoms with Crippen molar-refractivity contribution in [1.82, 2.24) is 4.57 Å². The molecule has 2 aromatic rings. The number of anilines is 2. The number of pyridine rings is 1. The maximum Gasteiger partial charge on any atom is 0.339 e. The zero-order valence-corrected chi connectivity index (χ0v) is 17.1. The van der Waals surface area contributed by atoms with Crippen LogP contribution in [0.4, 0.5) is 15.8 Å². The molecule has 1 aliphatic rings. The van der Waals surface area contributed by atoms with Gasteiger partial charge in [-0.1, -0.05) is 29.8 Å². The minimum atomic E-state index is -1.12. The number of aromatic carboxylic acids is 1. The van der Waals surface area contributed by atoms with Gasteiger partial charge in [0.1, 0.15) is 11.4 Å². The van der Waals surface area contributed by atoms with Crippen molar-refractivity contribution in [3.05, 3.63) is 55.7 Å². The fourth-order valence-electron chi connectivity index (χ4n) is 3.84. The van der Waals surface area contributed by atoms with Crippen LogP contribution in [0.2, 0.25) is 0 Å². The Balaban J connectivity index is 2.12. The van der Waals surface area contributed by atoms with Crippen LogP contribution in [0.25, 0.3) is 0 Å². The first kappa shape index (κ1) is 19.6. The van der Waals surface area contributed by atoms with E-state index in [4.69, 9.17) is 0 Å². The average molecular weight is 437 g/mol. The second-order valence-corrected chi connectivity index (χ2v) is 8.41. The molecule has 5 nitrogen and oxygen atoms in total. The van der Waals surface area contributed by atoms with Crippen molar-refractivity contribution in [2.75, 3.05) is 5.32 Å². The Bertz CT molecular complexity index is 969. The molecule has 1 aromatic carbocycles. The van der Waals surface area contributed by atoms with Gasteiger partial charge in [-0.3, -0.25) is 4.79 Å². The molecule has 3 rings (SSSR count). The van der Waals surface area contributed by atoms with Crippen LogP contribution in [0.1, 0.15) is 41.9 Å². The highest BCUT2D eigenvalue weighted by Crippen LogP contribution is 2.34. The summed E-state index contributed by atoms with van der Waals surface area (Å²) in [6.45, 7) is 6.33. The highest BCUT2D eigenvalue weighted by molar-refractivity contribution is 9.10. The summed E-state index contributed by atoms with van der Waals surface area (Å²) in [6, 6.07) is 4.45. The van der Waals surface area contributed by atoms with E-state index < -0.39 is 11.8 Å². The summed E-state index contributed by atoms with van der Waals surface area (Å²) in [4.78, 5) is 24.9. The van der Waals surface area contributed by atoms with E-state index in [0.717, 1.165) is 6.42 Å². The van der Waals surface area contributed by atoms with Gasteiger partial charge in [0.05, 0.1) is 11.4 Å². The number of hydrogen-bond acceptors (Lipinski definition) is 3. The van der Waals surface area contributed by atoms with Crippen molar-refractivity contribution >= 4 is 33.3 Å². The van der Waals surface area contributed by atoms with Crippen LogP contribution >= 0.6 is 15.9 Å². The second kappa shape index (κ2) is 7.46. The highest BCUT2D eigenvalue weighted by Gasteiger charge is 2.31. The molecule has 0 saturated carbocycles. The number of carboxylic acids is 1. The third-order valence-corrected chi connectivity index (χ3v) is 5.43. The van der Waals surface area contributed by atoms with Crippen molar-refractivity contribution in [2.24, 2.45) is 11.8 Å². The van der Waals surface area contributed by atoms with Gasteiger partial charge in [-0.15, -0.1) is 0 Å². The van der Waals surface area contributed by atoms with Gasteiger partial charge in [0.15, 0.2) is 0 Å². The summed E-state index contributed by atoms with van der Waals surface area (Å²) >= 11 is 3.20. The Labute approximate surface area is 165 Å². The minimum absolute atomic E-state index is 0.0562. The number of benzene rings is 1. The molecule has 2 N–H and O–H groups in total. The molecule has 0 fully saturated rings. The highest BCUT2D eigenvalue weighted by atomic mass is 79.9. The Kier molecular flexibility index (Phi) is 5.42. The van der Waals surface area contributed by atoms with Crippen LogP contribution in [0.15, 0.2) is 27.5 Å². The van der Waals surface area contributed by atoms with Gasteiger partial charge in [0.25, 0.3) is 5.56 Å². The molecular formula is C20H22BrFN2O3. The fourth-order valence-corrected chi connectivity index (χ4v) is 4.17. The maximum absolute atomic E-state index is 14.3. The monoisotopic (exact) mass is 436 g/mol. The number of halogens is 2. The molecule has 0 bridgehead atoms.